The first kappa shape index (κ1) is 21.7. The maximum absolute atomic E-state index is 12.7. The quantitative estimate of drug-likeness (QED) is 0.441. The van der Waals surface area contributed by atoms with Crippen molar-refractivity contribution in [2.24, 2.45) is 0 Å². The highest BCUT2D eigenvalue weighted by molar-refractivity contribution is 5.94. The monoisotopic (exact) mass is 409 g/mol. The van der Waals surface area contributed by atoms with Crippen molar-refractivity contribution in [3.63, 3.8) is 0 Å². The first-order chi connectivity index (χ1) is 14.6. The van der Waals surface area contributed by atoms with Crippen molar-refractivity contribution >= 4 is 17.4 Å². The molecular formula is C24H31N3O3. The molecule has 0 fully saturated rings. The van der Waals surface area contributed by atoms with E-state index < -0.39 is 0 Å². The number of benzene rings is 1. The molecule has 0 aliphatic rings. The van der Waals surface area contributed by atoms with Gasteiger partial charge in [0.05, 0.1) is 14.2 Å². The third-order valence-corrected chi connectivity index (χ3v) is 5.19. The standard InChI is InChI=1S/C24H31N3O3/c1-5-6-7-8-9-10-22(28)26-24-23(25-21-14-11-17(2)16-27(21)24)18-12-13-19(29-3)20(15-18)30-4/h11-16H,5-10H2,1-4H3,(H,26,28). The van der Waals surface area contributed by atoms with Crippen molar-refractivity contribution in [2.45, 2.75) is 52.4 Å². The van der Waals surface area contributed by atoms with Crippen LogP contribution in [0.4, 0.5) is 5.82 Å². The van der Waals surface area contributed by atoms with Crippen molar-refractivity contribution < 1.29 is 14.3 Å². The van der Waals surface area contributed by atoms with E-state index in [1.165, 1.54) is 19.3 Å². The SMILES string of the molecule is CCCCCCCC(=O)Nc1c(-c2ccc(OC)c(OC)c2)nc2ccc(C)cn12. The Morgan fingerprint density at radius 3 is 2.53 bits per heavy atom. The lowest BCUT2D eigenvalue weighted by atomic mass is 10.1. The highest BCUT2D eigenvalue weighted by Crippen LogP contribution is 2.35. The van der Waals surface area contributed by atoms with Gasteiger partial charge in [-0.25, -0.2) is 4.98 Å². The van der Waals surface area contributed by atoms with E-state index in [9.17, 15) is 4.79 Å². The smallest absolute Gasteiger partial charge is 0.225 e. The number of rotatable bonds is 10. The number of aromatic nitrogens is 2. The minimum Gasteiger partial charge on any atom is -0.493 e. The van der Waals surface area contributed by atoms with Gasteiger partial charge in [-0.1, -0.05) is 38.7 Å². The average molecular weight is 410 g/mol. The van der Waals surface area contributed by atoms with Crippen LogP contribution in [-0.2, 0) is 4.79 Å². The summed E-state index contributed by atoms with van der Waals surface area (Å²) in [5.41, 5.74) is 3.44. The number of nitrogens with zero attached hydrogens (tertiary/aromatic N) is 2. The molecule has 1 N–H and O–H groups in total. The number of ether oxygens (including phenoxy) is 2. The van der Waals surface area contributed by atoms with Crippen molar-refractivity contribution in [3.05, 3.63) is 42.1 Å². The number of nitrogens with one attached hydrogen (secondary N) is 1. The molecule has 6 nitrogen and oxygen atoms in total. The summed E-state index contributed by atoms with van der Waals surface area (Å²) in [6, 6.07) is 9.63. The predicted octanol–water partition coefficient (Wildman–Crippen LogP) is 5.63. The Balaban J connectivity index is 1.92. The van der Waals surface area contributed by atoms with Gasteiger partial charge >= 0.3 is 0 Å². The van der Waals surface area contributed by atoms with Crippen LogP contribution in [0.3, 0.4) is 0 Å². The van der Waals surface area contributed by atoms with Crippen molar-refractivity contribution in [1.82, 2.24) is 9.38 Å². The zero-order valence-corrected chi connectivity index (χ0v) is 18.3. The summed E-state index contributed by atoms with van der Waals surface area (Å²) in [6.07, 6.45) is 8.07. The molecule has 0 saturated carbocycles. The summed E-state index contributed by atoms with van der Waals surface area (Å²) < 4.78 is 12.7. The summed E-state index contributed by atoms with van der Waals surface area (Å²) in [6.45, 7) is 4.21. The normalized spacial score (nSPS) is 10.9. The van der Waals surface area contributed by atoms with E-state index in [1.807, 2.05) is 47.9 Å². The molecule has 160 valence electrons. The largest absolute Gasteiger partial charge is 0.493 e. The number of hydrogen-bond acceptors (Lipinski definition) is 4. The Labute approximate surface area is 178 Å². The summed E-state index contributed by atoms with van der Waals surface area (Å²) in [7, 11) is 3.22. The average Bonchev–Trinajstić information content (AvgIpc) is 3.10. The van der Waals surface area contributed by atoms with Gasteiger partial charge in [0.25, 0.3) is 0 Å². The van der Waals surface area contributed by atoms with Gasteiger partial charge in [-0.3, -0.25) is 9.20 Å². The highest BCUT2D eigenvalue weighted by Gasteiger charge is 2.18. The van der Waals surface area contributed by atoms with E-state index >= 15 is 0 Å². The maximum atomic E-state index is 12.7. The minimum absolute atomic E-state index is 0.0107. The van der Waals surface area contributed by atoms with Crippen LogP contribution in [0.5, 0.6) is 11.5 Å². The van der Waals surface area contributed by atoms with Crippen LogP contribution < -0.4 is 14.8 Å². The number of imidazole rings is 1. The summed E-state index contributed by atoms with van der Waals surface area (Å²) in [5.74, 6) is 1.96. The molecule has 0 aliphatic heterocycles. The lowest BCUT2D eigenvalue weighted by molar-refractivity contribution is -0.116. The van der Waals surface area contributed by atoms with E-state index in [2.05, 4.69) is 12.2 Å². The van der Waals surface area contributed by atoms with Gasteiger partial charge in [0.2, 0.25) is 5.91 Å². The second kappa shape index (κ2) is 10.1. The molecule has 0 bridgehead atoms. The Kier molecular flexibility index (Phi) is 7.33. The molecule has 0 unspecified atom stereocenters. The molecule has 3 aromatic rings. The number of amides is 1. The number of methoxy groups -OCH3 is 2. The number of unbranched alkanes of at least 4 members (excludes halogenated alkanes) is 4. The number of anilines is 1. The summed E-state index contributed by atoms with van der Waals surface area (Å²) >= 11 is 0. The van der Waals surface area contributed by atoms with Gasteiger partial charge in [-0.15, -0.1) is 0 Å². The first-order valence-electron chi connectivity index (χ1n) is 10.6. The van der Waals surface area contributed by atoms with Gasteiger partial charge in [0.15, 0.2) is 11.5 Å². The van der Waals surface area contributed by atoms with Crippen LogP contribution in [0.25, 0.3) is 16.9 Å². The Morgan fingerprint density at radius 2 is 1.80 bits per heavy atom. The lowest BCUT2D eigenvalue weighted by Crippen LogP contribution is -2.13. The molecule has 6 heteroatoms. The van der Waals surface area contributed by atoms with Gasteiger partial charge < -0.3 is 14.8 Å². The summed E-state index contributed by atoms with van der Waals surface area (Å²) in [5, 5.41) is 3.11. The second-order valence-corrected chi connectivity index (χ2v) is 7.53. The van der Waals surface area contributed by atoms with E-state index in [1.54, 1.807) is 14.2 Å². The lowest BCUT2D eigenvalue weighted by Gasteiger charge is -2.11. The van der Waals surface area contributed by atoms with E-state index in [0.717, 1.165) is 29.6 Å². The molecule has 0 saturated heterocycles. The maximum Gasteiger partial charge on any atom is 0.225 e. The van der Waals surface area contributed by atoms with Gasteiger partial charge in [-0.2, -0.15) is 0 Å². The van der Waals surface area contributed by atoms with Crippen LogP contribution in [0.15, 0.2) is 36.5 Å². The molecule has 0 aliphatic carbocycles. The van der Waals surface area contributed by atoms with E-state index in [-0.39, 0.29) is 5.91 Å². The van der Waals surface area contributed by atoms with Crippen molar-refractivity contribution in [2.75, 3.05) is 19.5 Å². The van der Waals surface area contributed by atoms with Crippen LogP contribution in [-0.4, -0.2) is 29.5 Å². The number of carbonyl (C=O) groups excluding carboxylic acids is 1. The molecule has 0 atom stereocenters. The van der Waals surface area contributed by atoms with Gasteiger partial charge in [0, 0.05) is 18.2 Å². The number of hydrogen-bond donors (Lipinski definition) is 1. The molecular weight excluding hydrogens is 378 g/mol. The molecule has 2 heterocycles. The van der Waals surface area contributed by atoms with Crippen LogP contribution in [0.1, 0.15) is 51.0 Å². The summed E-state index contributed by atoms with van der Waals surface area (Å²) in [4.78, 5) is 17.5. The Bertz CT molecular complexity index is 1010. The number of aryl methyl sites for hydroxylation is 1. The fourth-order valence-electron chi connectivity index (χ4n) is 3.54. The van der Waals surface area contributed by atoms with Crippen molar-refractivity contribution in [1.29, 1.82) is 0 Å². The molecule has 30 heavy (non-hydrogen) atoms. The molecule has 3 rings (SSSR count). The Hall–Kier alpha value is -3.02. The third kappa shape index (κ3) is 4.93. The van der Waals surface area contributed by atoms with E-state index in [4.69, 9.17) is 14.5 Å². The molecule has 0 spiro atoms. The van der Waals surface area contributed by atoms with Crippen molar-refractivity contribution in [3.8, 4) is 22.8 Å². The zero-order chi connectivity index (χ0) is 21.5. The zero-order valence-electron chi connectivity index (χ0n) is 18.3. The third-order valence-electron chi connectivity index (χ3n) is 5.19. The minimum atomic E-state index is 0.0107. The van der Waals surface area contributed by atoms with Crippen LogP contribution in [0, 0.1) is 6.92 Å². The highest BCUT2D eigenvalue weighted by atomic mass is 16.5. The second-order valence-electron chi connectivity index (χ2n) is 7.53. The Morgan fingerprint density at radius 1 is 1.03 bits per heavy atom. The fourth-order valence-corrected chi connectivity index (χ4v) is 3.54. The topological polar surface area (TPSA) is 64.9 Å². The number of fused-ring (bicyclic) bond motifs is 1. The predicted molar refractivity (Wildman–Crippen MR) is 120 cm³/mol. The number of carbonyl (C=O) groups is 1. The molecule has 1 aromatic carbocycles. The van der Waals surface area contributed by atoms with Crippen LogP contribution in [0.2, 0.25) is 0 Å². The molecule has 0 radical (unpaired) electrons. The van der Waals surface area contributed by atoms with Crippen LogP contribution >= 0.6 is 0 Å². The van der Waals surface area contributed by atoms with E-state index in [0.29, 0.717) is 29.4 Å². The number of pyridine rings is 1. The molecule has 2 aromatic heterocycles. The fraction of sp³-hybridized carbons (Fsp3) is 0.417. The van der Waals surface area contributed by atoms with Gasteiger partial charge in [0.1, 0.15) is 17.2 Å². The molecule has 1 amide bonds. The first-order valence-corrected chi connectivity index (χ1v) is 10.6. The van der Waals surface area contributed by atoms with Gasteiger partial charge in [-0.05, 0) is 43.2 Å².